The van der Waals surface area contributed by atoms with Crippen LogP contribution in [0.1, 0.15) is 67.2 Å². The molecule has 2 aromatic carbocycles. The SMILES string of the molecule is CCCCNC(=O)c1nc(N[C@H]2CCCC[C@H]2N=C(N)c2ccccc2)c2cc(C)ccc2n1. The molecule has 1 aromatic heterocycles. The Labute approximate surface area is 201 Å². The lowest BCUT2D eigenvalue weighted by Gasteiger charge is -2.30. The van der Waals surface area contributed by atoms with Crippen LogP contribution in [0.3, 0.4) is 0 Å². The Kier molecular flexibility index (Phi) is 7.72. The monoisotopic (exact) mass is 458 g/mol. The van der Waals surface area contributed by atoms with Gasteiger partial charge in [0.25, 0.3) is 5.91 Å². The van der Waals surface area contributed by atoms with Crippen LogP contribution in [0.2, 0.25) is 0 Å². The van der Waals surface area contributed by atoms with Gasteiger partial charge in [0.1, 0.15) is 11.7 Å². The Bertz CT molecular complexity index is 1160. The molecule has 0 bridgehead atoms. The van der Waals surface area contributed by atoms with Crippen LogP contribution in [-0.2, 0) is 0 Å². The summed E-state index contributed by atoms with van der Waals surface area (Å²) in [5.41, 5.74) is 9.16. The van der Waals surface area contributed by atoms with E-state index in [4.69, 9.17) is 10.7 Å². The molecule has 178 valence electrons. The van der Waals surface area contributed by atoms with Gasteiger partial charge in [-0.3, -0.25) is 9.79 Å². The average Bonchev–Trinajstić information content (AvgIpc) is 2.86. The summed E-state index contributed by atoms with van der Waals surface area (Å²) in [4.78, 5) is 26.9. The first-order chi connectivity index (χ1) is 16.5. The third kappa shape index (κ3) is 5.71. The number of nitrogens with zero attached hydrogens (tertiary/aromatic N) is 3. The van der Waals surface area contributed by atoms with E-state index in [2.05, 4.69) is 33.6 Å². The molecule has 0 spiro atoms. The molecule has 1 fully saturated rings. The Hall–Kier alpha value is -3.48. The topological polar surface area (TPSA) is 105 Å². The van der Waals surface area contributed by atoms with Crippen molar-refractivity contribution >= 4 is 28.5 Å². The van der Waals surface area contributed by atoms with Crippen LogP contribution in [0.4, 0.5) is 5.82 Å². The van der Waals surface area contributed by atoms with Crippen molar-refractivity contribution in [2.45, 2.75) is 64.5 Å². The number of aromatic nitrogens is 2. The van der Waals surface area contributed by atoms with Crippen molar-refractivity contribution in [3.8, 4) is 0 Å². The summed E-state index contributed by atoms with van der Waals surface area (Å²) in [6.45, 7) is 4.76. The first-order valence-electron chi connectivity index (χ1n) is 12.3. The number of anilines is 1. The molecule has 1 aliphatic carbocycles. The predicted octanol–water partition coefficient (Wildman–Crippen LogP) is 4.60. The summed E-state index contributed by atoms with van der Waals surface area (Å²) >= 11 is 0. The number of amidine groups is 1. The summed E-state index contributed by atoms with van der Waals surface area (Å²) in [6, 6.07) is 16.0. The van der Waals surface area contributed by atoms with Crippen molar-refractivity contribution in [1.29, 1.82) is 0 Å². The van der Waals surface area contributed by atoms with E-state index in [9.17, 15) is 4.79 Å². The fourth-order valence-corrected chi connectivity index (χ4v) is 4.38. The molecule has 34 heavy (non-hydrogen) atoms. The first kappa shape index (κ1) is 23.7. The second-order valence-electron chi connectivity index (χ2n) is 9.01. The maximum atomic E-state index is 12.7. The van der Waals surface area contributed by atoms with E-state index in [0.717, 1.165) is 60.6 Å². The number of hydrogen-bond donors (Lipinski definition) is 3. The van der Waals surface area contributed by atoms with Crippen LogP contribution >= 0.6 is 0 Å². The van der Waals surface area contributed by atoms with Crippen molar-refractivity contribution in [3.05, 3.63) is 65.5 Å². The zero-order valence-electron chi connectivity index (χ0n) is 20.1. The quantitative estimate of drug-likeness (QED) is 0.260. The first-order valence-corrected chi connectivity index (χ1v) is 12.3. The van der Waals surface area contributed by atoms with Crippen LogP contribution in [0.5, 0.6) is 0 Å². The molecule has 1 saturated carbocycles. The lowest BCUT2D eigenvalue weighted by Crippen LogP contribution is -2.37. The molecule has 0 saturated heterocycles. The van der Waals surface area contributed by atoms with Gasteiger partial charge in [0.05, 0.1) is 11.6 Å². The minimum absolute atomic E-state index is 0.0330. The molecule has 4 N–H and O–H groups in total. The number of hydrogen-bond acceptors (Lipinski definition) is 5. The molecule has 2 atom stereocenters. The third-order valence-electron chi connectivity index (χ3n) is 6.30. The second-order valence-corrected chi connectivity index (χ2v) is 9.01. The lowest BCUT2D eigenvalue weighted by molar-refractivity contribution is 0.0943. The maximum absolute atomic E-state index is 12.7. The maximum Gasteiger partial charge on any atom is 0.289 e. The van der Waals surface area contributed by atoms with Crippen LogP contribution in [-0.4, -0.2) is 40.3 Å². The van der Waals surface area contributed by atoms with Crippen molar-refractivity contribution in [2.24, 2.45) is 10.7 Å². The van der Waals surface area contributed by atoms with Crippen LogP contribution in [0, 0.1) is 6.92 Å². The molecule has 1 aliphatic rings. The van der Waals surface area contributed by atoms with Crippen molar-refractivity contribution in [2.75, 3.05) is 11.9 Å². The summed E-state index contributed by atoms with van der Waals surface area (Å²) in [5, 5.41) is 7.47. The molecular formula is C27H34N6O. The Morgan fingerprint density at radius 2 is 1.91 bits per heavy atom. The molecular weight excluding hydrogens is 424 g/mol. The highest BCUT2D eigenvalue weighted by molar-refractivity contribution is 5.98. The van der Waals surface area contributed by atoms with Gasteiger partial charge in [-0.15, -0.1) is 0 Å². The minimum Gasteiger partial charge on any atom is -0.383 e. The standard InChI is InChI=1S/C27H34N6O/c1-3-4-16-29-27(34)26-31-21-15-14-18(2)17-20(21)25(33-26)32-23-13-9-8-12-22(23)30-24(28)19-10-6-5-7-11-19/h5-7,10-11,14-15,17,22-23H,3-4,8-9,12-13,16H2,1-2H3,(H2,28,30)(H,29,34)(H,31,32,33)/t22-,23+/m1/s1. The second kappa shape index (κ2) is 11.1. The Morgan fingerprint density at radius 3 is 2.71 bits per heavy atom. The smallest absolute Gasteiger partial charge is 0.289 e. The van der Waals surface area contributed by atoms with Gasteiger partial charge in [-0.25, -0.2) is 9.97 Å². The number of aliphatic imine (C=N–C) groups is 1. The van der Waals surface area contributed by atoms with Gasteiger partial charge in [-0.1, -0.05) is 68.1 Å². The zero-order chi connectivity index (χ0) is 23.9. The summed E-state index contributed by atoms with van der Waals surface area (Å²) in [5.74, 6) is 1.18. The van der Waals surface area contributed by atoms with E-state index in [-0.39, 0.29) is 23.8 Å². The van der Waals surface area contributed by atoms with Gasteiger partial charge in [0, 0.05) is 23.5 Å². The van der Waals surface area contributed by atoms with Crippen LogP contribution < -0.4 is 16.4 Å². The van der Waals surface area contributed by atoms with E-state index >= 15 is 0 Å². The molecule has 4 rings (SSSR count). The van der Waals surface area contributed by atoms with E-state index < -0.39 is 0 Å². The number of amides is 1. The number of nitrogens with two attached hydrogens (primary N) is 1. The van der Waals surface area contributed by atoms with Gasteiger partial charge in [-0.05, 0) is 38.3 Å². The molecule has 1 amide bonds. The molecule has 7 nitrogen and oxygen atoms in total. The molecule has 1 heterocycles. The van der Waals surface area contributed by atoms with Crippen LogP contribution in [0.15, 0.2) is 53.5 Å². The molecule has 0 radical (unpaired) electrons. The third-order valence-corrected chi connectivity index (χ3v) is 6.30. The van der Waals surface area contributed by atoms with Crippen LogP contribution in [0.25, 0.3) is 10.9 Å². The molecule has 3 aromatic rings. The number of benzene rings is 2. The number of unbranched alkanes of at least 4 members (excludes halogenated alkanes) is 1. The normalized spacial score (nSPS) is 18.6. The Morgan fingerprint density at radius 1 is 1.12 bits per heavy atom. The number of fused-ring (bicyclic) bond motifs is 1. The highest BCUT2D eigenvalue weighted by Crippen LogP contribution is 2.28. The minimum atomic E-state index is -0.245. The number of nitrogens with one attached hydrogen (secondary N) is 2. The van der Waals surface area contributed by atoms with E-state index in [1.165, 1.54) is 0 Å². The zero-order valence-corrected chi connectivity index (χ0v) is 20.1. The number of carbonyl (C=O) groups is 1. The largest absolute Gasteiger partial charge is 0.383 e. The highest BCUT2D eigenvalue weighted by Gasteiger charge is 2.27. The van der Waals surface area contributed by atoms with E-state index in [1.54, 1.807) is 0 Å². The summed E-state index contributed by atoms with van der Waals surface area (Å²) in [7, 11) is 0. The van der Waals surface area contributed by atoms with Gasteiger partial charge in [0.15, 0.2) is 0 Å². The number of aryl methyl sites for hydroxylation is 1. The fraction of sp³-hybridized carbons (Fsp3) is 0.407. The van der Waals surface area contributed by atoms with Gasteiger partial charge in [-0.2, -0.15) is 0 Å². The molecule has 7 heteroatoms. The van der Waals surface area contributed by atoms with Crippen molar-refractivity contribution in [1.82, 2.24) is 15.3 Å². The Balaban J connectivity index is 1.64. The summed E-state index contributed by atoms with van der Waals surface area (Å²) in [6.07, 6.45) is 6.09. The number of rotatable bonds is 8. The molecule has 0 aliphatic heterocycles. The van der Waals surface area contributed by atoms with Gasteiger partial charge >= 0.3 is 0 Å². The average molecular weight is 459 g/mol. The van der Waals surface area contributed by atoms with Crippen molar-refractivity contribution < 1.29 is 4.79 Å². The lowest BCUT2D eigenvalue weighted by atomic mass is 9.90. The highest BCUT2D eigenvalue weighted by atomic mass is 16.2. The van der Waals surface area contributed by atoms with Gasteiger partial charge < -0.3 is 16.4 Å². The van der Waals surface area contributed by atoms with E-state index in [0.29, 0.717) is 18.2 Å². The fourth-order valence-electron chi connectivity index (χ4n) is 4.38. The van der Waals surface area contributed by atoms with E-state index in [1.807, 2.05) is 49.4 Å². The predicted molar refractivity (Wildman–Crippen MR) is 138 cm³/mol. The summed E-state index contributed by atoms with van der Waals surface area (Å²) < 4.78 is 0. The van der Waals surface area contributed by atoms with Gasteiger partial charge in [0.2, 0.25) is 5.82 Å². The number of carbonyl (C=O) groups excluding carboxylic acids is 1. The molecule has 0 unspecified atom stereocenters. The van der Waals surface area contributed by atoms with Crippen molar-refractivity contribution in [3.63, 3.8) is 0 Å².